The van der Waals surface area contributed by atoms with E-state index in [4.69, 9.17) is 9.62 Å². The second-order valence-electron chi connectivity index (χ2n) is 6.44. The van der Waals surface area contributed by atoms with Gasteiger partial charge in [0, 0.05) is 24.2 Å². The van der Waals surface area contributed by atoms with Gasteiger partial charge in [-0.05, 0) is 18.1 Å². The summed E-state index contributed by atoms with van der Waals surface area (Å²) in [6.45, 7) is 8.96. The molecule has 1 N–H and O–H groups in total. The second-order valence-corrected chi connectivity index (χ2v) is 6.44. The fourth-order valence-corrected chi connectivity index (χ4v) is 2.47. The maximum absolute atomic E-state index is 5.24. The fourth-order valence-electron chi connectivity index (χ4n) is 2.47. The summed E-state index contributed by atoms with van der Waals surface area (Å²) in [7, 11) is 0. The van der Waals surface area contributed by atoms with Gasteiger partial charge in [0.05, 0.1) is 11.4 Å². The highest BCUT2D eigenvalue weighted by Crippen LogP contribution is 2.21. The molecule has 2 aromatic heterocycles. The van der Waals surface area contributed by atoms with Gasteiger partial charge in [-0.2, -0.15) is 10.1 Å². The van der Waals surface area contributed by atoms with E-state index < -0.39 is 0 Å². The van der Waals surface area contributed by atoms with Crippen molar-refractivity contribution in [1.82, 2.24) is 19.9 Å². The van der Waals surface area contributed by atoms with Crippen LogP contribution in [0.25, 0.3) is 5.69 Å². The van der Waals surface area contributed by atoms with Gasteiger partial charge in [-0.1, -0.05) is 51.1 Å². The molecule has 2 heterocycles. The molecule has 0 fully saturated rings. The van der Waals surface area contributed by atoms with Crippen molar-refractivity contribution in [3.8, 4) is 5.69 Å². The lowest BCUT2D eigenvalue weighted by molar-refractivity contribution is 0.419. The summed E-state index contributed by atoms with van der Waals surface area (Å²) in [4.78, 5) is 4.35. The van der Waals surface area contributed by atoms with Crippen LogP contribution in [0, 0.1) is 0 Å². The Labute approximate surface area is 141 Å². The predicted octanol–water partition coefficient (Wildman–Crippen LogP) is 4.11. The average Bonchev–Trinajstić information content (AvgIpc) is 3.21. The van der Waals surface area contributed by atoms with Crippen molar-refractivity contribution in [2.75, 3.05) is 5.32 Å². The molecule has 0 aliphatic rings. The Morgan fingerprint density at radius 1 is 1.08 bits per heavy atom. The summed E-state index contributed by atoms with van der Waals surface area (Å²) in [5, 5.41) is 11.9. The molecule has 0 spiro atoms. The molecule has 0 saturated heterocycles. The summed E-state index contributed by atoms with van der Waals surface area (Å²) < 4.78 is 7.16. The zero-order valence-electron chi connectivity index (χ0n) is 14.5. The van der Waals surface area contributed by atoms with Crippen molar-refractivity contribution in [3.63, 3.8) is 0 Å². The van der Waals surface area contributed by atoms with E-state index in [1.165, 1.54) is 0 Å². The fraction of sp³-hybridized carbons (Fsp3) is 0.389. The first-order valence-corrected chi connectivity index (χ1v) is 8.26. The van der Waals surface area contributed by atoms with E-state index in [0.717, 1.165) is 16.9 Å². The molecule has 0 aliphatic carbocycles. The standard InChI is InChI=1S/C18H23N5O/c1-12(2)16-14(10-19-18-20-17(13(3)4)22-24-18)11-23(21-16)15-8-6-5-7-9-15/h5-9,11-13H,10H2,1-4H3,(H,19,20,22). The van der Waals surface area contributed by atoms with Crippen molar-refractivity contribution >= 4 is 6.01 Å². The zero-order chi connectivity index (χ0) is 17.1. The molecule has 24 heavy (non-hydrogen) atoms. The van der Waals surface area contributed by atoms with Crippen molar-refractivity contribution in [3.05, 3.63) is 53.6 Å². The van der Waals surface area contributed by atoms with Crippen LogP contribution in [-0.4, -0.2) is 19.9 Å². The Hall–Kier alpha value is -2.63. The van der Waals surface area contributed by atoms with Crippen LogP contribution in [0.3, 0.4) is 0 Å². The quantitative estimate of drug-likeness (QED) is 0.738. The summed E-state index contributed by atoms with van der Waals surface area (Å²) in [5.74, 6) is 1.29. The molecule has 0 aliphatic heterocycles. The van der Waals surface area contributed by atoms with Gasteiger partial charge in [-0.15, -0.1) is 0 Å². The third kappa shape index (κ3) is 3.48. The van der Waals surface area contributed by atoms with E-state index in [-0.39, 0.29) is 5.92 Å². The highest BCUT2D eigenvalue weighted by atomic mass is 16.5. The summed E-state index contributed by atoms with van der Waals surface area (Å²) in [6, 6.07) is 10.6. The molecule has 0 saturated carbocycles. The first-order valence-electron chi connectivity index (χ1n) is 8.26. The molecule has 6 nitrogen and oxygen atoms in total. The highest BCUT2D eigenvalue weighted by molar-refractivity contribution is 5.35. The van der Waals surface area contributed by atoms with Gasteiger partial charge >= 0.3 is 6.01 Å². The first kappa shape index (κ1) is 16.2. The van der Waals surface area contributed by atoms with E-state index in [0.29, 0.717) is 24.3 Å². The summed E-state index contributed by atoms with van der Waals surface area (Å²) in [6.07, 6.45) is 2.05. The number of hydrogen-bond donors (Lipinski definition) is 1. The van der Waals surface area contributed by atoms with Crippen LogP contribution in [-0.2, 0) is 6.54 Å². The smallest absolute Gasteiger partial charge is 0.321 e. The molecule has 0 radical (unpaired) electrons. The first-order chi connectivity index (χ1) is 11.5. The van der Waals surface area contributed by atoms with Crippen LogP contribution >= 0.6 is 0 Å². The summed E-state index contributed by atoms with van der Waals surface area (Å²) in [5.41, 5.74) is 3.23. The van der Waals surface area contributed by atoms with Crippen LogP contribution in [0.5, 0.6) is 0 Å². The molecule has 0 bridgehead atoms. The maximum atomic E-state index is 5.24. The van der Waals surface area contributed by atoms with Crippen LogP contribution in [0.15, 0.2) is 41.1 Å². The normalized spacial score (nSPS) is 11.4. The minimum Gasteiger partial charge on any atom is -0.334 e. The molecule has 0 amide bonds. The van der Waals surface area contributed by atoms with E-state index in [1.807, 2.05) is 48.9 Å². The lowest BCUT2D eigenvalue weighted by Gasteiger charge is -2.04. The van der Waals surface area contributed by atoms with Gasteiger partial charge in [-0.25, -0.2) is 4.68 Å². The molecular formula is C18H23N5O. The maximum Gasteiger partial charge on any atom is 0.321 e. The number of para-hydroxylation sites is 1. The Bertz CT molecular complexity index is 789. The van der Waals surface area contributed by atoms with E-state index in [1.54, 1.807) is 0 Å². The number of benzene rings is 1. The van der Waals surface area contributed by atoms with Crippen molar-refractivity contribution in [2.45, 2.75) is 46.1 Å². The molecule has 0 atom stereocenters. The van der Waals surface area contributed by atoms with E-state index >= 15 is 0 Å². The van der Waals surface area contributed by atoms with E-state index in [9.17, 15) is 0 Å². The number of hydrogen-bond acceptors (Lipinski definition) is 5. The molecule has 0 unspecified atom stereocenters. The monoisotopic (exact) mass is 325 g/mol. The van der Waals surface area contributed by atoms with Crippen LogP contribution in [0.4, 0.5) is 6.01 Å². The zero-order valence-corrected chi connectivity index (χ0v) is 14.5. The molecule has 3 aromatic rings. The topological polar surface area (TPSA) is 68.8 Å². The van der Waals surface area contributed by atoms with Gasteiger partial charge < -0.3 is 9.84 Å². The molecule has 6 heteroatoms. The van der Waals surface area contributed by atoms with Crippen molar-refractivity contribution in [1.29, 1.82) is 0 Å². The Kier molecular flexibility index (Phi) is 4.64. The predicted molar refractivity (Wildman–Crippen MR) is 93.4 cm³/mol. The van der Waals surface area contributed by atoms with Crippen LogP contribution in [0.1, 0.15) is 56.6 Å². The molecule has 126 valence electrons. The van der Waals surface area contributed by atoms with Gasteiger partial charge in [0.25, 0.3) is 0 Å². The second kappa shape index (κ2) is 6.86. The molecular weight excluding hydrogens is 302 g/mol. The highest BCUT2D eigenvalue weighted by Gasteiger charge is 2.15. The number of nitrogens with one attached hydrogen (secondary N) is 1. The average molecular weight is 325 g/mol. The van der Waals surface area contributed by atoms with Gasteiger partial charge in [0.15, 0.2) is 5.82 Å². The Balaban J connectivity index is 1.80. The Morgan fingerprint density at radius 2 is 1.83 bits per heavy atom. The third-order valence-electron chi connectivity index (χ3n) is 3.78. The third-order valence-corrected chi connectivity index (χ3v) is 3.78. The summed E-state index contributed by atoms with van der Waals surface area (Å²) >= 11 is 0. The van der Waals surface area contributed by atoms with E-state index in [2.05, 4.69) is 35.5 Å². The minimum atomic E-state index is 0.247. The van der Waals surface area contributed by atoms with Crippen molar-refractivity contribution < 1.29 is 4.52 Å². The SMILES string of the molecule is CC(C)c1noc(NCc2cn(-c3ccccc3)nc2C(C)C)n1. The van der Waals surface area contributed by atoms with Crippen LogP contribution in [0.2, 0.25) is 0 Å². The lowest BCUT2D eigenvalue weighted by atomic mass is 10.1. The van der Waals surface area contributed by atoms with Gasteiger partial charge in [0.2, 0.25) is 0 Å². The molecule has 1 aromatic carbocycles. The van der Waals surface area contributed by atoms with Gasteiger partial charge in [0.1, 0.15) is 0 Å². The largest absolute Gasteiger partial charge is 0.334 e. The number of rotatable bonds is 6. The van der Waals surface area contributed by atoms with Gasteiger partial charge in [-0.3, -0.25) is 0 Å². The Morgan fingerprint density at radius 3 is 2.46 bits per heavy atom. The van der Waals surface area contributed by atoms with Crippen molar-refractivity contribution in [2.24, 2.45) is 0 Å². The van der Waals surface area contributed by atoms with Crippen LogP contribution < -0.4 is 5.32 Å². The molecule has 3 rings (SSSR count). The number of nitrogens with zero attached hydrogens (tertiary/aromatic N) is 4. The minimum absolute atomic E-state index is 0.247. The number of aromatic nitrogens is 4. The lowest BCUT2D eigenvalue weighted by Crippen LogP contribution is -2.03. The number of anilines is 1.